The molecular formula is C25H29N5O2. The van der Waals surface area contributed by atoms with Gasteiger partial charge in [-0.05, 0) is 44.0 Å². The van der Waals surface area contributed by atoms with Crippen LogP contribution in [-0.2, 0) is 17.9 Å². The SMILES string of the molecule is CC(=O)c1ccc(CNc2ccc(-c3c(N)nc(N)nc3COCC=C(C)C)cc2)cc1. The van der Waals surface area contributed by atoms with Crippen LogP contribution in [0.2, 0.25) is 0 Å². The molecule has 1 aromatic heterocycles. The Hall–Kier alpha value is -3.71. The zero-order valence-electron chi connectivity index (χ0n) is 18.7. The van der Waals surface area contributed by atoms with Crippen LogP contribution in [0.4, 0.5) is 17.5 Å². The van der Waals surface area contributed by atoms with E-state index in [0.29, 0.717) is 30.2 Å². The number of aromatic nitrogens is 2. The van der Waals surface area contributed by atoms with E-state index >= 15 is 0 Å². The van der Waals surface area contributed by atoms with Crippen molar-refractivity contribution >= 4 is 23.2 Å². The summed E-state index contributed by atoms with van der Waals surface area (Å²) < 4.78 is 5.73. The number of hydrogen-bond acceptors (Lipinski definition) is 7. The summed E-state index contributed by atoms with van der Waals surface area (Å²) in [6.45, 7) is 7.02. The molecule has 0 fully saturated rings. The van der Waals surface area contributed by atoms with Gasteiger partial charge in [0, 0.05) is 23.4 Å². The van der Waals surface area contributed by atoms with Gasteiger partial charge < -0.3 is 21.5 Å². The number of carbonyl (C=O) groups excluding carboxylic acids is 1. The summed E-state index contributed by atoms with van der Waals surface area (Å²) in [4.78, 5) is 19.9. The largest absolute Gasteiger partial charge is 0.383 e. The van der Waals surface area contributed by atoms with Crippen LogP contribution in [0, 0.1) is 0 Å². The summed E-state index contributed by atoms with van der Waals surface area (Å²) >= 11 is 0. The maximum Gasteiger partial charge on any atom is 0.222 e. The summed E-state index contributed by atoms with van der Waals surface area (Å²) in [5, 5.41) is 3.38. The zero-order valence-corrected chi connectivity index (χ0v) is 18.7. The van der Waals surface area contributed by atoms with Gasteiger partial charge >= 0.3 is 0 Å². The molecule has 166 valence electrons. The van der Waals surface area contributed by atoms with Crippen molar-refractivity contribution in [3.63, 3.8) is 0 Å². The molecule has 7 heteroatoms. The monoisotopic (exact) mass is 431 g/mol. The minimum absolute atomic E-state index is 0.0627. The summed E-state index contributed by atoms with van der Waals surface area (Å²) in [6.07, 6.45) is 2.00. The Kier molecular flexibility index (Phi) is 7.57. The normalized spacial score (nSPS) is 10.6. The van der Waals surface area contributed by atoms with Gasteiger partial charge in [-0.3, -0.25) is 4.79 Å². The minimum atomic E-state index is 0.0627. The first-order valence-corrected chi connectivity index (χ1v) is 10.4. The molecule has 0 amide bonds. The van der Waals surface area contributed by atoms with Gasteiger partial charge in [-0.2, -0.15) is 4.98 Å². The minimum Gasteiger partial charge on any atom is -0.383 e. The second kappa shape index (κ2) is 10.5. The predicted molar refractivity (Wildman–Crippen MR) is 129 cm³/mol. The quantitative estimate of drug-likeness (QED) is 0.257. The number of nitrogens with zero attached hydrogens (tertiary/aromatic N) is 2. The molecule has 7 nitrogen and oxygen atoms in total. The molecule has 0 aliphatic carbocycles. The highest BCUT2D eigenvalue weighted by atomic mass is 16.5. The van der Waals surface area contributed by atoms with Gasteiger partial charge in [-0.15, -0.1) is 0 Å². The van der Waals surface area contributed by atoms with Crippen LogP contribution in [0.1, 0.15) is 42.4 Å². The fourth-order valence-corrected chi connectivity index (χ4v) is 3.16. The van der Waals surface area contributed by atoms with Crippen molar-refractivity contribution in [1.82, 2.24) is 9.97 Å². The standard InChI is InChI=1S/C25H29N5O2/c1-16(2)12-13-32-15-22-23(24(26)30-25(27)29-22)20-8-10-21(11-9-20)28-14-18-4-6-19(7-5-18)17(3)31/h4-12,28H,13-15H2,1-3H3,(H4,26,27,29,30). The highest BCUT2D eigenvalue weighted by Gasteiger charge is 2.14. The number of ether oxygens (including phenoxy) is 1. The number of carbonyl (C=O) groups is 1. The third-order valence-corrected chi connectivity index (χ3v) is 4.91. The fraction of sp³-hybridized carbons (Fsp3) is 0.240. The third-order valence-electron chi connectivity index (χ3n) is 4.91. The van der Waals surface area contributed by atoms with E-state index in [1.165, 1.54) is 5.57 Å². The van der Waals surface area contributed by atoms with Gasteiger partial charge in [0.1, 0.15) is 5.82 Å². The van der Waals surface area contributed by atoms with Gasteiger partial charge in [0.15, 0.2) is 5.78 Å². The number of rotatable bonds is 9. The Bertz CT molecular complexity index is 1100. The van der Waals surface area contributed by atoms with Crippen LogP contribution in [0.25, 0.3) is 11.1 Å². The number of hydrogen-bond donors (Lipinski definition) is 3. The lowest BCUT2D eigenvalue weighted by Crippen LogP contribution is -2.08. The molecule has 0 bridgehead atoms. The van der Waals surface area contributed by atoms with Crippen LogP contribution >= 0.6 is 0 Å². The van der Waals surface area contributed by atoms with Crippen LogP contribution < -0.4 is 16.8 Å². The maximum absolute atomic E-state index is 11.4. The molecule has 3 aromatic rings. The molecule has 2 aromatic carbocycles. The summed E-state index contributed by atoms with van der Waals surface area (Å²) in [5.41, 5.74) is 18.2. The molecule has 0 saturated heterocycles. The molecule has 0 unspecified atom stereocenters. The van der Waals surface area contributed by atoms with Gasteiger partial charge in [0.25, 0.3) is 0 Å². The number of nitrogen functional groups attached to an aromatic ring is 2. The second-order valence-corrected chi connectivity index (χ2v) is 7.77. The Morgan fingerprint density at radius 1 is 1.00 bits per heavy atom. The molecule has 32 heavy (non-hydrogen) atoms. The van der Waals surface area contributed by atoms with Crippen molar-refractivity contribution < 1.29 is 9.53 Å². The van der Waals surface area contributed by atoms with Crippen LogP contribution in [0.5, 0.6) is 0 Å². The number of benzene rings is 2. The van der Waals surface area contributed by atoms with Crippen LogP contribution in [-0.4, -0.2) is 22.4 Å². The Labute approximate surface area is 188 Å². The van der Waals surface area contributed by atoms with Crippen molar-refractivity contribution in [3.8, 4) is 11.1 Å². The van der Waals surface area contributed by atoms with Gasteiger partial charge in [-0.25, -0.2) is 4.98 Å². The van der Waals surface area contributed by atoms with E-state index in [2.05, 4.69) is 15.3 Å². The number of anilines is 3. The Balaban J connectivity index is 1.72. The van der Waals surface area contributed by atoms with Gasteiger partial charge in [0.2, 0.25) is 5.95 Å². The summed E-state index contributed by atoms with van der Waals surface area (Å²) in [5.74, 6) is 0.512. The molecule has 0 atom stereocenters. The number of allylic oxidation sites excluding steroid dienone is 1. The van der Waals surface area contributed by atoms with Crippen molar-refractivity contribution in [3.05, 3.63) is 77.0 Å². The molecule has 1 heterocycles. The van der Waals surface area contributed by atoms with Crippen molar-refractivity contribution in [2.45, 2.75) is 33.9 Å². The molecular weight excluding hydrogens is 402 g/mol. The highest BCUT2D eigenvalue weighted by molar-refractivity contribution is 5.94. The predicted octanol–water partition coefficient (Wildman–Crippen LogP) is 4.61. The lowest BCUT2D eigenvalue weighted by atomic mass is 10.0. The zero-order chi connectivity index (χ0) is 23.1. The first-order chi connectivity index (χ1) is 15.3. The first kappa shape index (κ1) is 23.0. The van der Waals surface area contributed by atoms with E-state index in [1.807, 2.05) is 68.5 Å². The van der Waals surface area contributed by atoms with Crippen molar-refractivity contribution in [2.24, 2.45) is 0 Å². The van der Waals surface area contributed by atoms with Crippen molar-refractivity contribution in [1.29, 1.82) is 0 Å². The third kappa shape index (κ3) is 6.15. The maximum atomic E-state index is 11.4. The van der Waals surface area contributed by atoms with E-state index in [0.717, 1.165) is 22.4 Å². The molecule has 0 spiro atoms. The lowest BCUT2D eigenvalue weighted by Gasteiger charge is -2.13. The van der Waals surface area contributed by atoms with E-state index in [4.69, 9.17) is 16.2 Å². The summed E-state index contributed by atoms with van der Waals surface area (Å²) in [6, 6.07) is 15.5. The molecule has 0 radical (unpaired) electrons. The summed E-state index contributed by atoms with van der Waals surface area (Å²) in [7, 11) is 0. The average molecular weight is 432 g/mol. The smallest absolute Gasteiger partial charge is 0.222 e. The van der Waals surface area contributed by atoms with Crippen LogP contribution in [0.3, 0.4) is 0 Å². The van der Waals surface area contributed by atoms with Gasteiger partial charge in [-0.1, -0.05) is 48.0 Å². The van der Waals surface area contributed by atoms with Gasteiger partial charge in [0.05, 0.1) is 18.9 Å². The molecule has 5 N–H and O–H groups in total. The topological polar surface area (TPSA) is 116 Å². The Morgan fingerprint density at radius 3 is 2.31 bits per heavy atom. The second-order valence-electron chi connectivity index (χ2n) is 7.77. The van der Waals surface area contributed by atoms with E-state index < -0.39 is 0 Å². The molecule has 0 saturated carbocycles. The number of Topliss-reactive ketones (excluding diaryl/α,β-unsaturated/α-hetero) is 1. The average Bonchev–Trinajstić information content (AvgIpc) is 2.75. The van der Waals surface area contributed by atoms with E-state index in [-0.39, 0.29) is 18.3 Å². The van der Waals surface area contributed by atoms with E-state index in [1.54, 1.807) is 6.92 Å². The van der Waals surface area contributed by atoms with Crippen molar-refractivity contribution in [2.75, 3.05) is 23.4 Å². The molecule has 0 aliphatic heterocycles. The number of ketones is 1. The number of nitrogens with one attached hydrogen (secondary N) is 1. The first-order valence-electron chi connectivity index (χ1n) is 10.4. The number of nitrogens with two attached hydrogens (primary N) is 2. The molecule has 0 aliphatic rings. The van der Waals surface area contributed by atoms with E-state index in [9.17, 15) is 4.79 Å². The van der Waals surface area contributed by atoms with Crippen LogP contribution in [0.15, 0.2) is 60.2 Å². The highest BCUT2D eigenvalue weighted by Crippen LogP contribution is 2.30. The Morgan fingerprint density at radius 2 is 1.69 bits per heavy atom. The fourth-order valence-electron chi connectivity index (χ4n) is 3.16. The molecule has 3 rings (SSSR count). The lowest BCUT2D eigenvalue weighted by molar-refractivity contribution is 0.101.